The van der Waals surface area contributed by atoms with Gasteiger partial charge in [-0.2, -0.15) is 0 Å². The zero-order chi connectivity index (χ0) is 12.7. The van der Waals surface area contributed by atoms with E-state index >= 15 is 0 Å². The lowest BCUT2D eigenvalue weighted by Gasteiger charge is -2.30. The molecule has 1 rings (SSSR count). The summed E-state index contributed by atoms with van der Waals surface area (Å²) in [7, 11) is 1.97. The molecule has 2 unspecified atom stereocenters. The van der Waals surface area contributed by atoms with E-state index in [1.54, 1.807) is 21.3 Å². The van der Waals surface area contributed by atoms with Crippen LogP contribution in [0.3, 0.4) is 0 Å². The molecule has 0 aromatic heterocycles. The van der Waals surface area contributed by atoms with Crippen LogP contribution in [-0.2, 0) is 22.8 Å². The van der Waals surface area contributed by atoms with Crippen LogP contribution < -0.4 is 0 Å². The summed E-state index contributed by atoms with van der Waals surface area (Å²) in [6.45, 7) is 3.38. The second kappa shape index (κ2) is 7.25. The zero-order valence-electron chi connectivity index (χ0n) is 11.0. The summed E-state index contributed by atoms with van der Waals surface area (Å²) in [5, 5.41) is 0. The molecule has 0 aromatic carbocycles. The number of allylic oxidation sites excluding steroid dienone is 1. The van der Waals surface area contributed by atoms with Crippen LogP contribution in [0.25, 0.3) is 0 Å². The molecular formula is C11H22O5Si. The standard InChI is InChI=1S/C11H22O5Si/c1-5-6-7-11(16-9-10-8-15-10)17(12-2,13-3)14-4/h6-7,10-11H,5,8-9H2,1-4H3. The first kappa shape index (κ1) is 14.8. The van der Waals surface area contributed by atoms with Gasteiger partial charge in [0.05, 0.1) is 13.2 Å². The Labute approximate surface area is 104 Å². The highest BCUT2D eigenvalue weighted by Gasteiger charge is 2.48. The molecular weight excluding hydrogens is 240 g/mol. The highest BCUT2D eigenvalue weighted by atomic mass is 28.4. The number of rotatable bonds is 9. The first-order valence-electron chi connectivity index (χ1n) is 5.77. The van der Waals surface area contributed by atoms with E-state index < -0.39 is 8.80 Å². The lowest BCUT2D eigenvalue weighted by molar-refractivity contribution is 0.0278. The lowest BCUT2D eigenvalue weighted by atomic mass is 10.4. The van der Waals surface area contributed by atoms with Gasteiger partial charge in [-0.25, -0.2) is 0 Å². The highest BCUT2D eigenvalue weighted by molar-refractivity contribution is 6.62. The predicted octanol–water partition coefficient (Wildman–Crippen LogP) is 1.15. The Morgan fingerprint density at radius 2 is 1.88 bits per heavy atom. The van der Waals surface area contributed by atoms with Crippen molar-refractivity contribution in [3.63, 3.8) is 0 Å². The highest BCUT2D eigenvalue weighted by Crippen LogP contribution is 2.19. The summed E-state index contributed by atoms with van der Waals surface area (Å²) in [5.74, 6) is 0. The van der Waals surface area contributed by atoms with Gasteiger partial charge < -0.3 is 22.8 Å². The van der Waals surface area contributed by atoms with Gasteiger partial charge in [0.25, 0.3) is 0 Å². The lowest BCUT2D eigenvalue weighted by Crippen LogP contribution is -2.55. The quantitative estimate of drug-likeness (QED) is 0.354. The maximum absolute atomic E-state index is 5.78. The number of epoxide rings is 1. The fourth-order valence-electron chi connectivity index (χ4n) is 1.51. The average Bonchev–Trinajstić information content (AvgIpc) is 3.18. The maximum Gasteiger partial charge on any atom is 0.534 e. The third-order valence-corrected chi connectivity index (χ3v) is 5.38. The van der Waals surface area contributed by atoms with Crippen LogP contribution in [0.1, 0.15) is 13.3 Å². The second-order valence-electron chi connectivity index (χ2n) is 3.76. The van der Waals surface area contributed by atoms with E-state index in [0.29, 0.717) is 6.61 Å². The van der Waals surface area contributed by atoms with Gasteiger partial charge in [0.15, 0.2) is 0 Å². The normalized spacial score (nSPS) is 22.0. The second-order valence-corrected chi connectivity index (χ2v) is 6.76. The molecule has 6 heteroatoms. The Balaban J connectivity index is 2.65. The van der Waals surface area contributed by atoms with Gasteiger partial charge in [0, 0.05) is 21.3 Å². The SMILES string of the molecule is CCC=CC(OCC1CO1)[Si](OC)(OC)OC. The smallest absolute Gasteiger partial charge is 0.375 e. The summed E-state index contributed by atoms with van der Waals surface area (Å²) in [5.41, 5.74) is -0.286. The van der Waals surface area contributed by atoms with E-state index in [1.165, 1.54) is 0 Å². The summed E-state index contributed by atoms with van der Waals surface area (Å²) >= 11 is 0. The van der Waals surface area contributed by atoms with Crippen molar-refractivity contribution in [2.24, 2.45) is 0 Å². The van der Waals surface area contributed by atoms with Crippen molar-refractivity contribution in [2.45, 2.75) is 25.2 Å². The van der Waals surface area contributed by atoms with Gasteiger partial charge in [0.2, 0.25) is 0 Å². The first-order valence-corrected chi connectivity index (χ1v) is 7.58. The number of hydrogen-bond acceptors (Lipinski definition) is 5. The monoisotopic (exact) mass is 262 g/mol. The van der Waals surface area contributed by atoms with Crippen molar-refractivity contribution in [2.75, 3.05) is 34.5 Å². The van der Waals surface area contributed by atoms with Gasteiger partial charge in [-0.3, -0.25) is 0 Å². The van der Waals surface area contributed by atoms with Gasteiger partial charge in [-0.15, -0.1) is 0 Å². The molecule has 1 aliphatic heterocycles. The summed E-state index contributed by atoms with van der Waals surface area (Å²) in [6, 6.07) is 0. The van der Waals surface area contributed by atoms with Crippen molar-refractivity contribution in [1.82, 2.24) is 0 Å². The minimum Gasteiger partial charge on any atom is -0.375 e. The molecule has 0 aromatic rings. The van der Waals surface area contributed by atoms with Gasteiger partial charge in [0.1, 0.15) is 11.8 Å². The minimum absolute atomic E-state index is 0.213. The molecule has 0 aliphatic carbocycles. The van der Waals surface area contributed by atoms with E-state index in [-0.39, 0.29) is 11.8 Å². The Morgan fingerprint density at radius 1 is 1.29 bits per heavy atom. The summed E-state index contributed by atoms with van der Waals surface area (Å²) < 4.78 is 27.2. The molecule has 0 bridgehead atoms. The van der Waals surface area contributed by atoms with E-state index in [9.17, 15) is 0 Å². The largest absolute Gasteiger partial charge is 0.534 e. The van der Waals surface area contributed by atoms with Crippen LogP contribution in [0.4, 0.5) is 0 Å². The molecule has 100 valence electrons. The van der Waals surface area contributed by atoms with Crippen LogP contribution >= 0.6 is 0 Å². The van der Waals surface area contributed by atoms with Gasteiger partial charge in [-0.05, 0) is 6.42 Å². The number of hydrogen-bond donors (Lipinski definition) is 0. The van der Waals surface area contributed by atoms with E-state index in [0.717, 1.165) is 13.0 Å². The van der Waals surface area contributed by atoms with Crippen LogP contribution in [0.5, 0.6) is 0 Å². The van der Waals surface area contributed by atoms with Crippen molar-refractivity contribution in [3.05, 3.63) is 12.2 Å². The molecule has 1 saturated heterocycles. The Hall–Kier alpha value is -0.243. The van der Waals surface area contributed by atoms with Crippen LogP contribution in [0.2, 0.25) is 0 Å². The zero-order valence-corrected chi connectivity index (χ0v) is 12.0. The van der Waals surface area contributed by atoms with Crippen molar-refractivity contribution >= 4 is 8.80 Å². The molecule has 0 N–H and O–H groups in total. The molecule has 2 atom stereocenters. The summed E-state index contributed by atoms with van der Waals surface area (Å²) in [6.07, 6.45) is 5.12. The molecule has 0 saturated carbocycles. The van der Waals surface area contributed by atoms with E-state index in [4.69, 9.17) is 22.8 Å². The third kappa shape index (κ3) is 4.17. The minimum atomic E-state index is -2.79. The topological polar surface area (TPSA) is 49.5 Å². The first-order chi connectivity index (χ1) is 8.22. The molecule has 1 fully saturated rings. The third-order valence-electron chi connectivity index (χ3n) is 2.61. The Kier molecular flexibility index (Phi) is 6.32. The fraction of sp³-hybridized carbons (Fsp3) is 0.818. The molecule has 0 radical (unpaired) electrons. The molecule has 5 nitrogen and oxygen atoms in total. The van der Waals surface area contributed by atoms with Crippen LogP contribution in [0, 0.1) is 0 Å². The van der Waals surface area contributed by atoms with Crippen molar-refractivity contribution < 1.29 is 22.8 Å². The Morgan fingerprint density at radius 3 is 2.29 bits per heavy atom. The molecule has 0 spiro atoms. The Bertz CT molecular complexity index is 230. The molecule has 17 heavy (non-hydrogen) atoms. The van der Waals surface area contributed by atoms with Crippen molar-refractivity contribution in [3.8, 4) is 0 Å². The molecule has 1 aliphatic rings. The summed E-state index contributed by atoms with van der Waals surface area (Å²) in [4.78, 5) is 0. The van der Waals surface area contributed by atoms with Crippen molar-refractivity contribution in [1.29, 1.82) is 0 Å². The maximum atomic E-state index is 5.78. The van der Waals surface area contributed by atoms with Crippen LogP contribution in [0.15, 0.2) is 12.2 Å². The van der Waals surface area contributed by atoms with E-state index in [1.807, 2.05) is 12.2 Å². The molecule has 1 heterocycles. The van der Waals surface area contributed by atoms with E-state index in [2.05, 4.69) is 6.92 Å². The van der Waals surface area contributed by atoms with Gasteiger partial charge in [-0.1, -0.05) is 19.1 Å². The number of ether oxygens (including phenoxy) is 2. The predicted molar refractivity (Wildman–Crippen MR) is 65.7 cm³/mol. The average molecular weight is 262 g/mol. The molecule has 0 amide bonds. The van der Waals surface area contributed by atoms with Gasteiger partial charge >= 0.3 is 8.80 Å². The van der Waals surface area contributed by atoms with Crippen LogP contribution in [-0.4, -0.2) is 55.2 Å². The fourth-order valence-corrected chi connectivity index (χ4v) is 3.38.